The van der Waals surface area contributed by atoms with Crippen LogP contribution in [0.4, 0.5) is 5.69 Å². The number of hydrogen-bond donors (Lipinski definition) is 1. The van der Waals surface area contributed by atoms with E-state index in [2.05, 4.69) is 22.8 Å². The second-order valence-electron chi connectivity index (χ2n) is 7.34. The molecule has 1 amide bonds. The minimum absolute atomic E-state index is 0.129. The van der Waals surface area contributed by atoms with Gasteiger partial charge in [-0.25, -0.2) is 0 Å². The van der Waals surface area contributed by atoms with Crippen molar-refractivity contribution in [3.63, 3.8) is 0 Å². The van der Waals surface area contributed by atoms with Crippen molar-refractivity contribution < 1.29 is 9.53 Å². The lowest BCUT2D eigenvalue weighted by Gasteiger charge is -2.42. The molecule has 5 nitrogen and oxygen atoms in total. The van der Waals surface area contributed by atoms with Crippen LogP contribution in [0.2, 0.25) is 0 Å². The Hall–Kier alpha value is -2.53. The third-order valence-corrected chi connectivity index (χ3v) is 5.64. The number of methoxy groups -OCH3 is 1. The number of para-hydroxylation sites is 2. The van der Waals surface area contributed by atoms with E-state index in [4.69, 9.17) is 10.5 Å². The summed E-state index contributed by atoms with van der Waals surface area (Å²) in [5.74, 6) is 0.385. The van der Waals surface area contributed by atoms with E-state index in [9.17, 15) is 4.79 Å². The number of ether oxygens (including phenoxy) is 1. The first kappa shape index (κ1) is 20.2. The van der Waals surface area contributed by atoms with E-state index < -0.39 is 0 Å². The smallest absolute Gasteiger partial charge is 0.226 e. The number of anilines is 1. The average Bonchev–Trinajstić information content (AvgIpc) is 2.74. The van der Waals surface area contributed by atoms with Crippen LogP contribution in [0.25, 0.3) is 0 Å². The van der Waals surface area contributed by atoms with Crippen LogP contribution < -0.4 is 15.4 Å². The number of rotatable bonds is 8. The van der Waals surface area contributed by atoms with E-state index in [1.165, 1.54) is 0 Å². The monoisotopic (exact) mass is 381 g/mol. The molecule has 3 rings (SSSR count). The Labute approximate surface area is 168 Å². The third-order valence-electron chi connectivity index (χ3n) is 5.64. The zero-order valence-corrected chi connectivity index (χ0v) is 16.9. The van der Waals surface area contributed by atoms with Crippen molar-refractivity contribution in [2.75, 3.05) is 38.2 Å². The highest BCUT2D eigenvalue weighted by Gasteiger charge is 2.34. The topological polar surface area (TPSA) is 58.8 Å². The third kappa shape index (κ3) is 4.47. The molecule has 28 heavy (non-hydrogen) atoms. The Morgan fingerprint density at radius 2 is 1.68 bits per heavy atom. The zero-order chi connectivity index (χ0) is 19.9. The Morgan fingerprint density at radius 1 is 1.04 bits per heavy atom. The van der Waals surface area contributed by atoms with Gasteiger partial charge in [0.1, 0.15) is 5.75 Å². The summed E-state index contributed by atoms with van der Waals surface area (Å²) >= 11 is 0. The Kier molecular flexibility index (Phi) is 6.93. The summed E-state index contributed by atoms with van der Waals surface area (Å²) in [7, 11) is 1.71. The molecular weight excluding hydrogens is 350 g/mol. The van der Waals surface area contributed by atoms with Gasteiger partial charge in [0.05, 0.1) is 18.7 Å². The van der Waals surface area contributed by atoms with Crippen LogP contribution in [0.1, 0.15) is 31.2 Å². The molecule has 2 aromatic rings. The summed E-state index contributed by atoms with van der Waals surface area (Å²) in [6.45, 7) is 5.78. The van der Waals surface area contributed by atoms with Gasteiger partial charge >= 0.3 is 0 Å². The van der Waals surface area contributed by atoms with Crippen molar-refractivity contribution in [2.24, 2.45) is 5.73 Å². The minimum Gasteiger partial charge on any atom is -0.495 e. The Balaban J connectivity index is 1.76. The van der Waals surface area contributed by atoms with Crippen LogP contribution in [-0.4, -0.2) is 50.1 Å². The number of hydrogen-bond acceptors (Lipinski definition) is 4. The summed E-state index contributed by atoms with van der Waals surface area (Å²) in [6.07, 6.45) is 1.98. The molecule has 1 saturated heterocycles. The Bertz CT molecular complexity index is 757. The van der Waals surface area contributed by atoms with E-state index in [1.807, 2.05) is 48.5 Å². The number of carbonyl (C=O) groups excluding carboxylic acids is 1. The van der Waals surface area contributed by atoms with Gasteiger partial charge in [-0.05, 0) is 24.1 Å². The zero-order valence-electron chi connectivity index (χ0n) is 16.9. The second-order valence-corrected chi connectivity index (χ2v) is 7.34. The summed E-state index contributed by atoms with van der Waals surface area (Å²) in [5.41, 5.74) is 8.02. The molecule has 1 fully saturated rings. The highest BCUT2D eigenvalue weighted by Crippen LogP contribution is 2.31. The molecule has 1 aliphatic rings. The Morgan fingerprint density at radius 3 is 2.29 bits per heavy atom. The lowest BCUT2D eigenvalue weighted by molar-refractivity contribution is -0.121. The van der Waals surface area contributed by atoms with Crippen molar-refractivity contribution in [3.8, 4) is 5.75 Å². The van der Waals surface area contributed by atoms with E-state index in [0.717, 1.165) is 56.0 Å². The SMILES string of the molecule is CCCC(C(C(N)=O)c1ccccc1)N1CCN(c2ccccc2OC)CC1. The molecule has 0 spiro atoms. The molecular formula is C23H31N3O2. The highest BCUT2D eigenvalue weighted by molar-refractivity contribution is 5.82. The van der Waals surface area contributed by atoms with Gasteiger partial charge in [-0.2, -0.15) is 0 Å². The molecule has 1 heterocycles. The predicted molar refractivity (Wildman–Crippen MR) is 114 cm³/mol. The standard InChI is InChI=1S/C23H31N3O2/c1-3-9-20(22(23(24)27)18-10-5-4-6-11-18)26-16-14-25(15-17-26)19-12-7-8-13-21(19)28-2/h4-8,10-13,20,22H,3,9,14-17H2,1-2H3,(H2,24,27). The first-order valence-corrected chi connectivity index (χ1v) is 10.1. The van der Waals surface area contributed by atoms with E-state index in [0.29, 0.717) is 0 Å². The molecule has 2 unspecified atom stereocenters. The van der Waals surface area contributed by atoms with Crippen molar-refractivity contribution in [3.05, 3.63) is 60.2 Å². The molecule has 0 radical (unpaired) electrons. The maximum Gasteiger partial charge on any atom is 0.226 e. The second kappa shape index (κ2) is 9.60. The van der Waals surface area contributed by atoms with Crippen molar-refractivity contribution in [1.29, 1.82) is 0 Å². The number of nitrogens with two attached hydrogens (primary N) is 1. The first-order valence-electron chi connectivity index (χ1n) is 10.1. The summed E-state index contributed by atoms with van der Waals surface area (Å²) in [5, 5.41) is 0. The van der Waals surface area contributed by atoms with E-state index in [1.54, 1.807) is 7.11 Å². The summed E-state index contributed by atoms with van der Waals surface area (Å²) in [4.78, 5) is 17.2. The number of amides is 1. The molecule has 0 aliphatic carbocycles. The molecule has 0 aromatic heterocycles. The van der Waals surface area contributed by atoms with Crippen LogP contribution in [0.3, 0.4) is 0 Å². The van der Waals surface area contributed by atoms with E-state index in [-0.39, 0.29) is 17.9 Å². The number of benzene rings is 2. The maximum atomic E-state index is 12.4. The van der Waals surface area contributed by atoms with Crippen molar-refractivity contribution in [2.45, 2.75) is 31.7 Å². The first-order chi connectivity index (χ1) is 13.7. The lowest BCUT2D eigenvalue weighted by Crippen LogP contribution is -2.53. The number of piperazine rings is 1. The van der Waals surface area contributed by atoms with Gasteiger partial charge in [-0.15, -0.1) is 0 Å². The maximum absolute atomic E-state index is 12.4. The van der Waals surface area contributed by atoms with Crippen LogP contribution in [0, 0.1) is 0 Å². The minimum atomic E-state index is -0.279. The molecule has 0 bridgehead atoms. The normalized spacial score (nSPS) is 17.1. The summed E-state index contributed by atoms with van der Waals surface area (Å²) < 4.78 is 5.52. The average molecular weight is 382 g/mol. The molecule has 2 N–H and O–H groups in total. The van der Waals surface area contributed by atoms with Gasteiger partial charge in [0, 0.05) is 32.2 Å². The van der Waals surface area contributed by atoms with Gasteiger partial charge in [0.2, 0.25) is 5.91 Å². The number of primary amides is 1. The van der Waals surface area contributed by atoms with Crippen LogP contribution in [0.5, 0.6) is 5.75 Å². The molecule has 2 atom stereocenters. The quantitative estimate of drug-likeness (QED) is 0.763. The van der Waals surface area contributed by atoms with Gasteiger partial charge in [0.25, 0.3) is 0 Å². The molecule has 2 aromatic carbocycles. The molecule has 5 heteroatoms. The largest absolute Gasteiger partial charge is 0.495 e. The fourth-order valence-corrected chi connectivity index (χ4v) is 4.28. The van der Waals surface area contributed by atoms with Crippen molar-refractivity contribution >= 4 is 11.6 Å². The molecule has 0 saturated carbocycles. The van der Waals surface area contributed by atoms with Crippen LogP contribution >= 0.6 is 0 Å². The van der Waals surface area contributed by atoms with Gasteiger partial charge in [0.15, 0.2) is 0 Å². The van der Waals surface area contributed by atoms with Crippen molar-refractivity contribution in [1.82, 2.24) is 4.90 Å². The lowest BCUT2D eigenvalue weighted by atomic mass is 9.86. The highest BCUT2D eigenvalue weighted by atomic mass is 16.5. The van der Waals surface area contributed by atoms with Gasteiger partial charge in [-0.1, -0.05) is 55.8 Å². The van der Waals surface area contributed by atoms with E-state index >= 15 is 0 Å². The fourth-order valence-electron chi connectivity index (χ4n) is 4.28. The number of carbonyl (C=O) groups is 1. The van der Waals surface area contributed by atoms with Gasteiger partial charge in [-0.3, -0.25) is 9.69 Å². The predicted octanol–water partition coefficient (Wildman–Crippen LogP) is 3.26. The number of nitrogens with zero attached hydrogens (tertiary/aromatic N) is 2. The van der Waals surface area contributed by atoms with Crippen LogP contribution in [-0.2, 0) is 4.79 Å². The fraction of sp³-hybridized carbons (Fsp3) is 0.435. The molecule has 150 valence electrons. The van der Waals surface area contributed by atoms with Gasteiger partial charge < -0.3 is 15.4 Å². The van der Waals surface area contributed by atoms with Crippen LogP contribution in [0.15, 0.2) is 54.6 Å². The molecule has 1 aliphatic heterocycles. The summed E-state index contributed by atoms with van der Waals surface area (Å²) in [6, 6.07) is 18.2.